The quantitative estimate of drug-likeness (QED) is 0.578. The number of benzene rings is 1. The lowest BCUT2D eigenvalue weighted by Crippen LogP contribution is -2.45. The van der Waals surface area contributed by atoms with E-state index in [0.717, 1.165) is 5.56 Å². The fraction of sp³-hybridized carbons (Fsp3) is 0.263. The molecule has 1 atom stereocenters. The minimum Gasteiger partial charge on any atom is -0.454 e. The van der Waals surface area contributed by atoms with Crippen molar-refractivity contribution >= 4 is 35.2 Å². The highest BCUT2D eigenvalue weighted by molar-refractivity contribution is 7.12. The first-order valence-electron chi connectivity index (χ1n) is 8.62. The first-order valence-corrected chi connectivity index (χ1v) is 9.50. The zero-order valence-electron chi connectivity index (χ0n) is 15.3. The van der Waals surface area contributed by atoms with E-state index in [0.29, 0.717) is 11.4 Å². The van der Waals surface area contributed by atoms with Crippen LogP contribution in [0.25, 0.3) is 0 Å². The number of ether oxygens (including phenoxy) is 1. The van der Waals surface area contributed by atoms with Gasteiger partial charge in [0.25, 0.3) is 11.8 Å². The third-order valence-corrected chi connectivity index (χ3v) is 4.42. The number of nitrogens with one attached hydrogen (secondary N) is 3. The maximum Gasteiger partial charge on any atom is 0.329 e. The molecule has 1 aromatic heterocycles. The summed E-state index contributed by atoms with van der Waals surface area (Å²) in [6.45, 7) is 1.43. The molecule has 9 heteroatoms. The van der Waals surface area contributed by atoms with Crippen LogP contribution < -0.4 is 16.0 Å². The largest absolute Gasteiger partial charge is 0.454 e. The topological polar surface area (TPSA) is 114 Å². The van der Waals surface area contributed by atoms with Crippen LogP contribution in [-0.4, -0.2) is 43.0 Å². The van der Waals surface area contributed by atoms with Gasteiger partial charge in [0, 0.05) is 13.0 Å². The zero-order chi connectivity index (χ0) is 20.4. The zero-order valence-corrected chi connectivity index (χ0v) is 16.1. The summed E-state index contributed by atoms with van der Waals surface area (Å²) in [5.74, 6) is -1.93. The molecule has 0 aliphatic rings. The normalized spacial score (nSPS) is 11.2. The molecule has 0 spiro atoms. The van der Waals surface area contributed by atoms with Gasteiger partial charge in [-0.25, -0.2) is 9.59 Å². The van der Waals surface area contributed by atoms with Crippen LogP contribution in [0.3, 0.4) is 0 Å². The maximum atomic E-state index is 12.5. The summed E-state index contributed by atoms with van der Waals surface area (Å²) >= 11 is 1.25. The standard InChI is InChI=1S/C19H21N3O5S/c1-2-20-19(26)22-16(23)12-27-18(25)14(11-13-7-4-3-5-8-13)21-17(24)15-9-6-10-28-15/h3-10,14H,2,11-12H2,1H3,(H,21,24)(H2,20,22,23,26)/t14-/m0/s1. The number of hydrogen-bond acceptors (Lipinski definition) is 6. The first-order chi connectivity index (χ1) is 13.5. The molecule has 0 aliphatic heterocycles. The molecule has 28 heavy (non-hydrogen) atoms. The fourth-order valence-corrected chi connectivity index (χ4v) is 2.91. The van der Waals surface area contributed by atoms with E-state index < -0.39 is 36.5 Å². The number of esters is 1. The van der Waals surface area contributed by atoms with E-state index >= 15 is 0 Å². The summed E-state index contributed by atoms with van der Waals surface area (Å²) < 4.78 is 4.99. The second kappa shape index (κ2) is 10.8. The van der Waals surface area contributed by atoms with E-state index in [9.17, 15) is 19.2 Å². The van der Waals surface area contributed by atoms with Crippen molar-refractivity contribution in [1.82, 2.24) is 16.0 Å². The molecule has 2 aromatic rings. The third kappa shape index (κ3) is 6.84. The summed E-state index contributed by atoms with van der Waals surface area (Å²) in [7, 11) is 0. The van der Waals surface area contributed by atoms with Crippen molar-refractivity contribution in [3.05, 3.63) is 58.3 Å². The Morgan fingerprint density at radius 2 is 1.82 bits per heavy atom. The smallest absolute Gasteiger partial charge is 0.329 e. The highest BCUT2D eigenvalue weighted by Gasteiger charge is 2.24. The minimum absolute atomic E-state index is 0.203. The summed E-state index contributed by atoms with van der Waals surface area (Å²) in [6.07, 6.45) is 0.203. The van der Waals surface area contributed by atoms with Gasteiger partial charge in [0.2, 0.25) is 0 Å². The molecule has 3 N–H and O–H groups in total. The molecule has 0 unspecified atom stereocenters. The van der Waals surface area contributed by atoms with Gasteiger partial charge in [-0.2, -0.15) is 0 Å². The van der Waals surface area contributed by atoms with Gasteiger partial charge in [-0.15, -0.1) is 11.3 Å². The number of carbonyl (C=O) groups is 4. The van der Waals surface area contributed by atoms with E-state index in [-0.39, 0.29) is 6.42 Å². The van der Waals surface area contributed by atoms with E-state index in [1.807, 2.05) is 35.6 Å². The molecule has 148 valence electrons. The van der Waals surface area contributed by atoms with E-state index in [4.69, 9.17) is 4.74 Å². The number of rotatable bonds is 8. The highest BCUT2D eigenvalue weighted by Crippen LogP contribution is 2.10. The summed E-state index contributed by atoms with van der Waals surface area (Å²) in [4.78, 5) is 48.2. The number of urea groups is 1. The van der Waals surface area contributed by atoms with Gasteiger partial charge in [0.05, 0.1) is 4.88 Å². The number of hydrogen-bond donors (Lipinski definition) is 3. The Hall–Kier alpha value is -3.20. The van der Waals surface area contributed by atoms with Crippen molar-refractivity contribution in [3.63, 3.8) is 0 Å². The van der Waals surface area contributed by atoms with Crippen LogP contribution in [0, 0.1) is 0 Å². The van der Waals surface area contributed by atoms with E-state index in [1.165, 1.54) is 11.3 Å². The molecule has 1 aromatic carbocycles. The van der Waals surface area contributed by atoms with Crippen molar-refractivity contribution in [2.45, 2.75) is 19.4 Å². The maximum absolute atomic E-state index is 12.5. The lowest BCUT2D eigenvalue weighted by molar-refractivity contribution is -0.150. The van der Waals surface area contributed by atoms with Crippen molar-refractivity contribution in [3.8, 4) is 0 Å². The van der Waals surface area contributed by atoms with E-state index in [2.05, 4.69) is 10.6 Å². The lowest BCUT2D eigenvalue weighted by Gasteiger charge is -2.17. The molecular weight excluding hydrogens is 382 g/mol. The minimum atomic E-state index is -0.978. The Balaban J connectivity index is 1.98. The van der Waals surface area contributed by atoms with Crippen molar-refractivity contribution in [2.24, 2.45) is 0 Å². The van der Waals surface area contributed by atoms with Crippen molar-refractivity contribution < 1.29 is 23.9 Å². The fourth-order valence-electron chi connectivity index (χ4n) is 2.28. The molecule has 0 radical (unpaired) electrons. The van der Waals surface area contributed by atoms with Crippen molar-refractivity contribution in [2.75, 3.05) is 13.2 Å². The van der Waals surface area contributed by atoms with Crippen LogP contribution >= 0.6 is 11.3 Å². The molecule has 2 rings (SSSR count). The van der Waals surface area contributed by atoms with Crippen LogP contribution in [0.4, 0.5) is 4.79 Å². The Bertz CT molecular complexity index is 808. The highest BCUT2D eigenvalue weighted by atomic mass is 32.1. The van der Waals surface area contributed by atoms with Gasteiger partial charge in [-0.05, 0) is 23.9 Å². The van der Waals surface area contributed by atoms with Gasteiger partial charge in [0.1, 0.15) is 6.04 Å². The summed E-state index contributed by atoms with van der Waals surface area (Å²) in [5.41, 5.74) is 0.822. The van der Waals surface area contributed by atoms with Crippen LogP contribution in [0.5, 0.6) is 0 Å². The Kier molecular flexibility index (Phi) is 8.16. The Labute approximate surface area is 166 Å². The second-order valence-corrected chi connectivity index (χ2v) is 6.66. The molecule has 4 amide bonds. The predicted octanol–water partition coefficient (Wildman–Crippen LogP) is 1.48. The number of imide groups is 1. The molecule has 0 bridgehead atoms. The molecule has 0 saturated carbocycles. The lowest BCUT2D eigenvalue weighted by atomic mass is 10.1. The third-order valence-electron chi connectivity index (χ3n) is 3.55. The molecule has 0 saturated heterocycles. The van der Waals surface area contributed by atoms with Crippen molar-refractivity contribution in [1.29, 1.82) is 0 Å². The molecule has 0 aliphatic carbocycles. The molecule has 0 fully saturated rings. The Morgan fingerprint density at radius 1 is 1.07 bits per heavy atom. The average Bonchev–Trinajstić information content (AvgIpc) is 3.21. The summed E-state index contributed by atoms with van der Waals surface area (Å²) in [5, 5.41) is 8.82. The molecule has 8 nitrogen and oxygen atoms in total. The van der Waals surface area contributed by atoms with Gasteiger partial charge in [-0.1, -0.05) is 36.4 Å². The monoisotopic (exact) mass is 403 g/mol. The number of amides is 4. The van der Waals surface area contributed by atoms with Crippen LogP contribution in [0.2, 0.25) is 0 Å². The van der Waals surface area contributed by atoms with Gasteiger partial charge >= 0.3 is 12.0 Å². The first kappa shape index (κ1) is 21.1. The average molecular weight is 403 g/mol. The van der Waals surface area contributed by atoms with E-state index in [1.54, 1.807) is 24.4 Å². The van der Waals surface area contributed by atoms with Crippen LogP contribution in [-0.2, 0) is 20.7 Å². The predicted molar refractivity (Wildman–Crippen MR) is 104 cm³/mol. The van der Waals surface area contributed by atoms with Gasteiger partial charge < -0.3 is 15.4 Å². The van der Waals surface area contributed by atoms with Gasteiger partial charge in [-0.3, -0.25) is 14.9 Å². The van der Waals surface area contributed by atoms with Crippen LogP contribution in [0.15, 0.2) is 47.8 Å². The molecule has 1 heterocycles. The molecular formula is C19H21N3O5S. The van der Waals surface area contributed by atoms with Gasteiger partial charge in [0.15, 0.2) is 6.61 Å². The number of carbonyl (C=O) groups excluding carboxylic acids is 4. The van der Waals surface area contributed by atoms with Crippen LogP contribution in [0.1, 0.15) is 22.2 Å². The Morgan fingerprint density at radius 3 is 2.46 bits per heavy atom. The SMILES string of the molecule is CCNC(=O)NC(=O)COC(=O)[C@H](Cc1ccccc1)NC(=O)c1cccs1. The number of thiophene rings is 1. The second-order valence-electron chi connectivity index (χ2n) is 5.71. The summed E-state index contributed by atoms with van der Waals surface area (Å²) in [6, 6.07) is 10.8.